The van der Waals surface area contributed by atoms with Gasteiger partial charge in [0.05, 0.1) is 0 Å². The van der Waals surface area contributed by atoms with Crippen LogP contribution < -0.4 is 5.73 Å². The van der Waals surface area contributed by atoms with Gasteiger partial charge in [0.1, 0.15) is 0 Å². The monoisotopic (exact) mass is 220 g/mol. The van der Waals surface area contributed by atoms with E-state index in [-0.39, 0.29) is 6.04 Å². The van der Waals surface area contributed by atoms with Crippen molar-refractivity contribution in [2.75, 3.05) is 0 Å². The Bertz CT molecular complexity index is 399. The molecule has 1 unspecified atom stereocenters. The minimum absolute atomic E-state index is 0.220. The summed E-state index contributed by atoms with van der Waals surface area (Å²) in [5.74, 6) is 0. The number of hydrogen-bond donors (Lipinski definition) is 1. The summed E-state index contributed by atoms with van der Waals surface area (Å²) in [7, 11) is 0. The molecule has 1 aliphatic rings. The van der Waals surface area contributed by atoms with Crippen molar-refractivity contribution in [1.29, 1.82) is 0 Å². The van der Waals surface area contributed by atoms with Crippen LogP contribution in [0.1, 0.15) is 63.2 Å². The number of hydrogen-bond acceptors (Lipinski definition) is 1. The van der Waals surface area contributed by atoms with E-state index in [4.69, 9.17) is 5.73 Å². The highest BCUT2D eigenvalue weighted by molar-refractivity contribution is 5.34. The Kier molecular flexibility index (Phi) is 2.66. The molecule has 0 bridgehead atoms. The zero-order chi connectivity index (χ0) is 12.1. The average Bonchev–Trinajstić information content (AvgIpc) is 2.39. The average molecular weight is 220 g/mol. The van der Waals surface area contributed by atoms with Gasteiger partial charge in [0.15, 0.2) is 0 Å². The van der Waals surface area contributed by atoms with Crippen molar-refractivity contribution in [1.82, 2.24) is 4.57 Å². The van der Waals surface area contributed by atoms with Gasteiger partial charge >= 0.3 is 0 Å². The summed E-state index contributed by atoms with van der Waals surface area (Å²) in [6.45, 7) is 11.3. The summed E-state index contributed by atoms with van der Waals surface area (Å²) < 4.78 is 2.45. The Morgan fingerprint density at radius 3 is 2.62 bits per heavy atom. The van der Waals surface area contributed by atoms with Gasteiger partial charge in [-0.2, -0.15) is 0 Å². The van der Waals surface area contributed by atoms with Crippen molar-refractivity contribution in [3.05, 3.63) is 23.0 Å². The van der Waals surface area contributed by atoms with Crippen molar-refractivity contribution >= 4 is 0 Å². The van der Waals surface area contributed by atoms with E-state index < -0.39 is 0 Å². The number of rotatable bonds is 1. The molecular formula is C14H24N2. The first-order chi connectivity index (χ1) is 7.32. The molecule has 0 fully saturated rings. The molecule has 0 amide bonds. The second kappa shape index (κ2) is 3.63. The highest BCUT2D eigenvalue weighted by atomic mass is 15.0. The Morgan fingerprint density at radius 2 is 2.06 bits per heavy atom. The van der Waals surface area contributed by atoms with Crippen LogP contribution in [0, 0.1) is 12.3 Å². The fourth-order valence-corrected chi connectivity index (χ4v) is 3.19. The maximum absolute atomic E-state index is 6.29. The van der Waals surface area contributed by atoms with E-state index in [0.717, 1.165) is 12.8 Å². The van der Waals surface area contributed by atoms with Gasteiger partial charge in [0.2, 0.25) is 0 Å². The molecule has 1 aromatic heterocycles. The molecule has 1 aliphatic carbocycles. The number of fused-ring (bicyclic) bond motifs is 1. The van der Waals surface area contributed by atoms with Gasteiger partial charge in [0, 0.05) is 23.5 Å². The molecule has 1 aromatic rings. The van der Waals surface area contributed by atoms with Crippen LogP contribution in [0.3, 0.4) is 0 Å². The van der Waals surface area contributed by atoms with Crippen LogP contribution in [0.4, 0.5) is 0 Å². The van der Waals surface area contributed by atoms with Crippen LogP contribution in [0.5, 0.6) is 0 Å². The Hall–Kier alpha value is -0.760. The minimum Gasteiger partial charge on any atom is -0.346 e. The molecular weight excluding hydrogens is 196 g/mol. The second-order valence-corrected chi connectivity index (χ2v) is 6.30. The Morgan fingerprint density at radius 1 is 1.44 bits per heavy atom. The molecule has 0 saturated carbocycles. The fraction of sp³-hybridized carbons (Fsp3) is 0.714. The van der Waals surface area contributed by atoms with Crippen molar-refractivity contribution in [2.45, 2.75) is 59.5 Å². The lowest BCUT2D eigenvalue weighted by atomic mass is 9.74. The van der Waals surface area contributed by atoms with E-state index in [1.54, 1.807) is 0 Å². The Labute approximate surface area is 98.8 Å². The minimum atomic E-state index is 0.220. The zero-order valence-corrected chi connectivity index (χ0v) is 11.2. The van der Waals surface area contributed by atoms with Gasteiger partial charge < -0.3 is 10.3 Å². The van der Waals surface area contributed by atoms with Crippen molar-refractivity contribution in [2.24, 2.45) is 11.1 Å². The van der Waals surface area contributed by atoms with Crippen LogP contribution in [0.2, 0.25) is 0 Å². The lowest BCUT2D eigenvalue weighted by Gasteiger charge is -2.35. The maximum atomic E-state index is 6.29. The lowest BCUT2D eigenvalue weighted by molar-refractivity contribution is 0.273. The third kappa shape index (κ3) is 1.80. The molecule has 90 valence electrons. The molecule has 0 radical (unpaired) electrons. The van der Waals surface area contributed by atoms with Crippen LogP contribution in [-0.4, -0.2) is 4.57 Å². The molecule has 2 nitrogen and oxygen atoms in total. The molecule has 2 N–H and O–H groups in total. The standard InChI is InChI=1S/C14H24N2/c1-9(2)16-10(3)6-11-12(15)7-14(4,5)8-13(11)16/h6,9,12H,7-8,15H2,1-5H3. The molecule has 16 heavy (non-hydrogen) atoms. The molecule has 0 aromatic carbocycles. The molecule has 1 heterocycles. The summed E-state index contributed by atoms with van der Waals surface area (Å²) in [5.41, 5.74) is 10.8. The summed E-state index contributed by atoms with van der Waals surface area (Å²) in [5, 5.41) is 0. The van der Waals surface area contributed by atoms with Crippen molar-refractivity contribution in [3.8, 4) is 0 Å². The summed E-state index contributed by atoms with van der Waals surface area (Å²) in [6.07, 6.45) is 2.25. The van der Waals surface area contributed by atoms with Gasteiger partial charge in [-0.25, -0.2) is 0 Å². The van der Waals surface area contributed by atoms with Gasteiger partial charge in [-0.05, 0) is 50.7 Å². The SMILES string of the molecule is Cc1cc2c(n1C(C)C)CC(C)(C)CC2N. The van der Waals surface area contributed by atoms with Crippen molar-refractivity contribution < 1.29 is 0 Å². The fourth-order valence-electron chi connectivity index (χ4n) is 3.19. The predicted molar refractivity (Wildman–Crippen MR) is 68.6 cm³/mol. The first-order valence-corrected chi connectivity index (χ1v) is 6.28. The van der Waals surface area contributed by atoms with Gasteiger partial charge in [0.25, 0.3) is 0 Å². The normalized spacial score (nSPS) is 23.6. The summed E-state index contributed by atoms with van der Waals surface area (Å²) >= 11 is 0. The first kappa shape index (κ1) is 11.7. The number of nitrogens with two attached hydrogens (primary N) is 1. The van der Waals surface area contributed by atoms with Crippen LogP contribution in [0.25, 0.3) is 0 Å². The summed E-state index contributed by atoms with van der Waals surface area (Å²) in [4.78, 5) is 0. The summed E-state index contributed by atoms with van der Waals surface area (Å²) in [6, 6.07) is 3.04. The molecule has 1 atom stereocenters. The lowest BCUT2D eigenvalue weighted by Crippen LogP contribution is -2.30. The smallest absolute Gasteiger partial charge is 0.0318 e. The molecule has 0 saturated heterocycles. The Balaban J connectivity index is 2.54. The molecule has 2 rings (SSSR count). The molecule has 0 spiro atoms. The van der Waals surface area contributed by atoms with E-state index >= 15 is 0 Å². The van der Waals surface area contributed by atoms with E-state index in [2.05, 4.69) is 45.3 Å². The van der Waals surface area contributed by atoms with Gasteiger partial charge in [-0.1, -0.05) is 13.8 Å². The van der Waals surface area contributed by atoms with E-state index in [9.17, 15) is 0 Å². The van der Waals surface area contributed by atoms with Crippen LogP contribution in [-0.2, 0) is 6.42 Å². The maximum Gasteiger partial charge on any atom is 0.0318 e. The quantitative estimate of drug-likeness (QED) is 0.773. The third-order valence-electron chi connectivity index (χ3n) is 3.70. The number of aromatic nitrogens is 1. The second-order valence-electron chi connectivity index (χ2n) is 6.30. The predicted octanol–water partition coefficient (Wildman–Crippen LogP) is 3.35. The first-order valence-electron chi connectivity index (χ1n) is 6.28. The number of nitrogens with zero attached hydrogens (tertiary/aromatic N) is 1. The van der Waals surface area contributed by atoms with E-state index in [1.165, 1.54) is 17.0 Å². The molecule has 0 aliphatic heterocycles. The van der Waals surface area contributed by atoms with Crippen molar-refractivity contribution in [3.63, 3.8) is 0 Å². The largest absolute Gasteiger partial charge is 0.346 e. The highest BCUT2D eigenvalue weighted by Gasteiger charge is 2.33. The van der Waals surface area contributed by atoms with Gasteiger partial charge in [-0.15, -0.1) is 0 Å². The third-order valence-corrected chi connectivity index (χ3v) is 3.70. The molecule has 2 heteroatoms. The van der Waals surface area contributed by atoms with Crippen LogP contribution >= 0.6 is 0 Å². The highest BCUT2D eigenvalue weighted by Crippen LogP contribution is 2.41. The number of aryl methyl sites for hydroxylation is 1. The van der Waals surface area contributed by atoms with Crippen LogP contribution in [0.15, 0.2) is 6.07 Å². The van der Waals surface area contributed by atoms with E-state index in [0.29, 0.717) is 11.5 Å². The topological polar surface area (TPSA) is 30.9 Å². The van der Waals surface area contributed by atoms with E-state index in [1.807, 2.05) is 0 Å². The zero-order valence-electron chi connectivity index (χ0n) is 11.2. The van der Waals surface area contributed by atoms with Gasteiger partial charge in [-0.3, -0.25) is 0 Å².